The Morgan fingerprint density at radius 2 is 1.62 bits per heavy atom. The predicted molar refractivity (Wildman–Crippen MR) is 235 cm³/mol. The third-order valence-electron chi connectivity index (χ3n) is 11.5. The number of benzene rings is 1. The molecule has 2 aliphatic heterocycles. The van der Waals surface area contributed by atoms with Gasteiger partial charge in [0.25, 0.3) is 11.8 Å². The van der Waals surface area contributed by atoms with Gasteiger partial charge in [0.1, 0.15) is 23.9 Å². The van der Waals surface area contributed by atoms with E-state index in [4.69, 9.17) is 9.47 Å². The molecule has 0 bridgehead atoms. The zero-order chi connectivity index (χ0) is 45.4. The van der Waals surface area contributed by atoms with E-state index in [2.05, 4.69) is 42.8 Å². The van der Waals surface area contributed by atoms with Crippen LogP contribution in [0.1, 0.15) is 142 Å². The van der Waals surface area contributed by atoms with Crippen molar-refractivity contribution in [3.8, 4) is 0 Å². The molecule has 2 heterocycles. The number of aliphatic hydroxyl groups is 1. The van der Waals surface area contributed by atoms with Crippen LogP contribution in [0.25, 0.3) is 0 Å². The van der Waals surface area contributed by atoms with E-state index in [1.807, 2.05) is 19.9 Å². The fraction of sp³-hybridized carbons (Fsp3) is 0.625. The Balaban J connectivity index is 1.96. The third kappa shape index (κ3) is 15.3. The number of nitrogens with one attached hydrogen (secondary N) is 2. The van der Waals surface area contributed by atoms with Crippen LogP contribution < -0.4 is 10.6 Å². The summed E-state index contributed by atoms with van der Waals surface area (Å²) in [5.41, 5.74) is 3.34. The number of esters is 2. The van der Waals surface area contributed by atoms with Gasteiger partial charge >= 0.3 is 11.9 Å². The molecular weight excluding hydrogens is 777 g/mol. The lowest BCUT2D eigenvalue weighted by Gasteiger charge is -2.36. The van der Waals surface area contributed by atoms with E-state index in [-0.39, 0.29) is 54.1 Å². The molecule has 2 aliphatic rings. The lowest BCUT2D eigenvalue weighted by molar-refractivity contribution is -0.160. The van der Waals surface area contributed by atoms with E-state index in [1.54, 1.807) is 34.7 Å². The quantitative estimate of drug-likeness (QED) is 0.124. The number of aryl methyl sites for hydroxylation is 1. The van der Waals surface area contributed by atoms with E-state index >= 15 is 0 Å². The largest absolute Gasteiger partial charge is 0.452 e. The summed E-state index contributed by atoms with van der Waals surface area (Å²) in [7, 11) is 1.65. The van der Waals surface area contributed by atoms with Crippen LogP contribution in [0.5, 0.6) is 0 Å². The molecule has 0 unspecified atom stereocenters. The number of amides is 4. The van der Waals surface area contributed by atoms with Gasteiger partial charge in [0, 0.05) is 38.7 Å². The van der Waals surface area contributed by atoms with Gasteiger partial charge in [-0.05, 0) is 74.0 Å². The smallest absolute Gasteiger partial charge is 0.334 e. The molecule has 338 valence electrons. The Labute approximate surface area is 363 Å². The maximum absolute atomic E-state index is 14.0. The summed E-state index contributed by atoms with van der Waals surface area (Å²) in [5.74, 6) is -4.47. The first-order valence-corrected chi connectivity index (χ1v) is 22.3. The van der Waals surface area contributed by atoms with Gasteiger partial charge in [0.05, 0.1) is 12.0 Å². The second kappa shape index (κ2) is 24.6. The van der Waals surface area contributed by atoms with Crippen molar-refractivity contribution < 1.29 is 43.3 Å². The van der Waals surface area contributed by atoms with Crippen LogP contribution in [0, 0.1) is 11.8 Å². The number of rotatable bonds is 11. The third-order valence-corrected chi connectivity index (χ3v) is 11.5. The minimum atomic E-state index is -1.54. The van der Waals surface area contributed by atoms with Crippen molar-refractivity contribution in [3.05, 3.63) is 70.6 Å². The standard InChI is InChI=1S/C48H72N4O9/c1-11-13-14-15-16-17-20-35-22-23-36-27-39-48(59)60-34(9)33(8)45(56)50-43(32(7)12-2)40(53)28-42(55)61-44(31(5)6)46(57)49-38(25-30(3)4)47(58)51(10)24-19-18-21-41(54)52(39)29-37(36)26-35/h22-23,26,30-31,38-40,44,53H,8-9,11-21,24-25,27-29H2,1-7,10H3,(H,49,57)(H,50,56)/b43-32+/t38-,39-,40-,44-/m0/s1. The minimum Gasteiger partial charge on any atom is -0.452 e. The highest BCUT2D eigenvalue weighted by Gasteiger charge is 2.37. The first-order chi connectivity index (χ1) is 28.9. The summed E-state index contributed by atoms with van der Waals surface area (Å²) in [6.45, 7) is 21.1. The molecule has 0 aliphatic carbocycles. The van der Waals surface area contributed by atoms with Gasteiger partial charge in [-0.25, -0.2) is 4.79 Å². The summed E-state index contributed by atoms with van der Waals surface area (Å²) in [5, 5.41) is 16.7. The van der Waals surface area contributed by atoms with E-state index in [1.165, 1.54) is 41.0 Å². The highest BCUT2D eigenvalue weighted by molar-refractivity contribution is 5.98. The number of fused-ring (bicyclic) bond motifs is 2. The van der Waals surface area contributed by atoms with Crippen molar-refractivity contribution in [2.45, 2.75) is 169 Å². The van der Waals surface area contributed by atoms with Gasteiger partial charge in [0.15, 0.2) is 6.10 Å². The van der Waals surface area contributed by atoms with E-state index < -0.39 is 60.4 Å². The van der Waals surface area contributed by atoms with Crippen LogP contribution in [-0.2, 0) is 57.6 Å². The first kappa shape index (κ1) is 50.6. The molecule has 13 nitrogen and oxygen atoms in total. The monoisotopic (exact) mass is 849 g/mol. The van der Waals surface area contributed by atoms with Gasteiger partial charge in [-0.3, -0.25) is 24.0 Å². The molecule has 1 fully saturated rings. The summed E-state index contributed by atoms with van der Waals surface area (Å²) in [6.07, 6.45) is 6.56. The summed E-state index contributed by atoms with van der Waals surface area (Å²) in [6, 6.07) is 4.31. The number of likely N-dealkylation sites (N-methyl/N-ethyl adjacent to an activating group) is 1. The molecule has 0 spiro atoms. The second-order valence-electron chi connectivity index (χ2n) is 17.5. The van der Waals surface area contributed by atoms with Gasteiger partial charge in [-0.15, -0.1) is 0 Å². The van der Waals surface area contributed by atoms with Crippen molar-refractivity contribution >= 4 is 35.6 Å². The molecule has 61 heavy (non-hydrogen) atoms. The Bertz CT molecular complexity index is 1780. The Kier molecular flexibility index (Phi) is 20.4. The molecule has 0 saturated carbocycles. The number of ether oxygens (including phenoxy) is 2. The zero-order valence-corrected chi connectivity index (χ0v) is 38.0. The molecule has 3 rings (SSSR count). The lowest BCUT2D eigenvalue weighted by Crippen LogP contribution is -2.52. The molecule has 0 radical (unpaired) electrons. The maximum Gasteiger partial charge on any atom is 0.334 e. The first-order valence-electron chi connectivity index (χ1n) is 22.3. The van der Waals surface area contributed by atoms with Crippen molar-refractivity contribution in [1.29, 1.82) is 0 Å². The van der Waals surface area contributed by atoms with Gasteiger partial charge in [-0.2, -0.15) is 0 Å². The summed E-state index contributed by atoms with van der Waals surface area (Å²) in [4.78, 5) is 85.3. The number of unbranched alkanes of at least 4 members (excludes halogenated alkanes) is 5. The number of aliphatic hydroxyl groups excluding tert-OH is 1. The lowest BCUT2D eigenvalue weighted by atomic mass is 9.91. The van der Waals surface area contributed by atoms with Crippen LogP contribution in [0.3, 0.4) is 0 Å². The van der Waals surface area contributed by atoms with Crippen molar-refractivity contribution in [3.63, 3.8) is 0 Å². The summed E-state index contributed by atoms with van der Waals surface area (Å²) >= 11 is 0. The normalized spacial score (nSPS) is 23.2. The SMILES string of the molecule is C=C1OC(=O)[C@@H]2Cc3ccc(CCCCCCCC)cc3CN2C(=O)CCCCN(C)C(=O)[C@H](CC(C)C)NC(=O)[C@H](C(C)C)OC(=O)C[C@H](O)/C(=C(/C)CC)NC(=O)C1=C. The predicted octanol–water partition coefficient (Wildman–Crippen LogP) is 6.75. The van der Waals surface area contributed by atoms with Crippen LogP contribution in [-0.4, -0.2) is 88.4 Å². The second-order valence-corrected chi connectivity index (χ2v) is 17.5. The number of allylic oxidation sites excluding steroid dienone is 1. The minimum absolute atomic E-state index is 0.0203. The molecule has 1 aromatic carbocycles. The number of hydrogen-bond acceptors (Lipinski definition) is 9. The maximum atomic E-state index is 14.0. The molecule has 13 heteroatoms. The summed E-state index contributed by atoms with van der Waals surface area (Å²) < 4.78 is 11.3. The van der Waals surface area contributed by atoms with Crippen molar-refractivity contribution in [1.82, 2.24) is 20.4 Å². The van der Waals surface area contributed by atoms with Crippen LogP contribution >= 0.6 is 0 Å². The molecule has 1 aromatic rings. The Hall–Kier alpha value is -4.78. The van der Waals surface area contributed by atoms with Gasteiger partial charge in [-0.1, -0.05) is 111 Å². The molecular formula is C48H72N4O9. The highest BCUT2D eigenvalue weighted by atomic mass is 16.6. The Morgan fingerprint density at radius 1 is 0.934 bits per heavy atom. The molecule has 1 saturated heterocycles. The molecule has 4 atom stereocenters. The highest BCUT2D eigenvalue weighted by Crippen LogP contribution is 2.28. The van der Waals surface area contributed by atoms with Gasteiger partial charge in [0.2, 0.25) is 11.8 Å². The zero-order valence-electron chi connectivity index (χ0n) is 38.0. The molecule has 4 amide bonds. The topological polar surface area (TPSA) is 172 Å². The molecule has 3 N–H and O–H groups in total. The van der Waals surface area contributed by atoms with Crippen molar-refractivity contribution in [2.24, 2.45) is 11.8 Å². The van der Waals surface area contributed by atoms with E-state index in [9.17, 15) is 33.9 Å². The fourth-order valence-electron chi connectivity index (χ4n) is 7.65. The van der Waals surface area contributed by atoms with Gasteiger partial charge < -0.3 is 35.0 Å². The number of carbonyl (C=O) groups is 6. The van der Waals surface area contributed by atoms with Crippen LogP contribution in [0.15, 0.2) is 54.0 Å². The number of cyclic esters (lactones) is 2. The number of carbonyl (C=O) groups excluding carboxylic acids is 6. The molecule has 0 aromatic heterocycles. The van der Waals surface area contributed by atoms with Crippen molar-refractivity contribution in [2.75, 3.05) is 13.6 Å². The average Bonchev–Trinajstić information content (AvgIpc) is 3.21. The average molecular weight is 849 g/mol. The fourth-order valence-corrected chi connectivity index (χ4v) is 7.65. The van der Waals surface area contributed by atoms with Crippen LogP contribution in [0.2, 0.25) is 0 Å². The number of hydrogen-bond donors (Lipinski definition) is 3. The number of nitrogens with zero attached hydrogens (tertiary/aromatic N) is 2. The van der Waals surface area contributed by atoms with Crippen LogP contribution in [0.4, 0.5) is 0 Å². The van der Waals surface area contributed by atoms with E-state index in [0.717, 1.165) is 30.4 Å². The Morgan fingerprint density at radius 3 is 2.28 bits per heavy atom. The van der Waals surface area contributed by atoms with E-state index in [0.29, 0.717) is 37.8 Å².